The molecule has 0 aliphatic carbocycles. The van der Waals surface area contributed by atoms with Gasteiger partial charge in [-0.3, -0.25) is 4.90 Å². The Morgan fingerprint density at radius 1 is 1.16 bits per heavy atom. The maximum Gasteiger partial charge on any atom is 0.228 e. The molecule has 1 saturated heterocycles. The summed E-state index contributed by atoms with van der Waals surface area (Å²) in [6.45, 7) is 12.8. The van der Waals surface area contributed by atoms with E-state index in [2.05, 4.69) is 70.7 Å². The van der Waals surface area contributed by atoms with E-state index in [-0.39, 0.29) is 29.9 Å². The number of aromatic nitrogens is 2. The molecule has 172 valence electrons. The van der Waals surface area contributed by atoms with Gasteiger partial charge in [0.05, 0.1) is 19.8 Å². The number of guanidine groups is 1. The molecule has 1 aliphatic rings. The van der Waals surface area contributed by atoms with Crippen LogP contribution in [0.4, 0.5) is 0 Å². The summed E-state index contributed by atoms with van der Waals surface area (Å²) in [6.07, 6.45) is 0.664. The van der Waals surface area contributed by atoms with Crippen LogP contribution in [0, 0.1) is 0 Å². The number of hydrogen-bond acceptors (Lipinski definition) is 6. The molecule has 8 nitrogen and oxygen atoms in total. The second-order valence-corrected chi connectivity index (χ2v) is 7.73. The Balaban J connectivity index is 0.00000341. The molecule has 1 aromatic carbocycles. The lowest BCUT2D eigenvalue weighted by Crippen LogP contribution is -2.38. The predicted octanol–water partition coefficient (Wildman–Crippen LogP) is 2.94. The van der Waals surface area contributed by atoms with E-state index in [9.17, 15) is 0 Å². The van der Waals surface area contributed by atoms with Crippen LogP contribution in [0.25, 0.3) is 0 Å². The average molecular weight is 542 g/mol. The number of benzene rings is 1. The number of aliphatic imine (C=N–C) groups is 1. The van der Waals surface area contributed by atoms with Crippen LogP contribution in [0.3, 0.4) is 0 Å². The van der Waals surface area contributed by atoms with E-state index in [1.807, 2.05) is 0 Å². The largest absolute Gasteiger partial charge is 0.379 e. The lowest BCUT2D eigenvalue weighted by molar-refractivity contribution is 0.0341. The monoisotopic (exact) mass is 542 g/mol. The number of hydrogen-bond donors (Lipinski definition) is 2. The van der Waals surface area contributed by atoms with E-state index >= 15 is 0 Å². The molecule has 1 fully saturated rings. The highest BCUT2D eigenvalue weighted by Crippen LogP contribution is 2.14. The van der Waals surface area contributed by atoms with Crippen LogP contribution < -0.4 is 10.6 Å². The lowest BCUT2D eigenvalue weighted by atomic mass is 10.1. The second-order valence-electron chi connectivity index (χ2n) is 7.73. The first-order chi connectivity index (χ1) is 14.7. The van der Waals surface area contributed by atoms with Gasteiger partial charge in [0.25, 0.3) is 0 Å². The first kappa shape index (κ1) is 25.5. The van der Waals surface area contributed by atoms with Crippen molar-refractivity contribution in [3.05, 3.63) is 47.1 Å². The van der Waals surface area contributed by atoms with Crippen molar-refractivity contribution in [2.24, 2.45) is 4.99 Å². The molecular formula is C22H35IN6O2. The number of ether oxygens (including phenoxy) is 1. The maximum absolute atomic E-state index is 5.46. The molecule has 2 N–H and O–H groups in total. The first-order valence-electron chi connectivity index (χ1n) is 10.9. The van der Waals surface area contributed by atoms with Crippen molar-refractivity contribution in [1.29, 1.82) is 0 Å². The van der Waals surface area contributed by atoms with Crippen LogP contribution >= 0.6 is 24.0 Å². The standard InChI is InChI=1S/C22H34N6O2.HI/c1-4-23-22(24-10-9-20-26-21(17(2)3)27-30-20)25-15-18-7-5-6-8-19(18)16-28-11-13-29-14-12-28;/h5-8,17H,4,9-16H2,1-3H3,(H2,23,24,25);1H. The van der Waals surface area contributed by atoms with Crippen molar-refractivity contribution in [2.45, 2.75) is 46.2 Å². The van der Waals surface area contributed by atoms with Crippen molar-refractivity contribution in [3.63, 3.8) is 0 Å². The van der Waals surface area contributed by atoms with Crippen LogP contribution in [0.5, 0.6) is 0 Å². The summed E-state index contributed by atoms with van der Waals surface area (Å²) in [4.78, 5) is 11.6. The number of rotatable bonds is 9. The quantitative estimate of drug-likeness (QED) is 0.286. The van der Waals surface area contributed by atoms with E-state index in [1.54, 1.807) is 0 Å². The highest BCUT2D eigenvalue weighted by atomic mass is 127. The zero-order valence-electron chi connectivity index (χ0n) is 18.8. The molecule has 9 heteroatoms. The molecule has 3 rings (SSSR count). The molecular weight excluding hydrogens is 507 g/mol. The molecule has 0 atom stereocenters. The fourth-order valence-electron chi connectivity index (χ4n) is 3.26. The van der Waals surface area contributed by atoms with Crippen LogP contribution in [-0.2, 0) is 24.2 Å². The third-order valence-electron chi connectivity index (χ3n) is 5.00. The molecule has 1 aliphatic heterocycles. The van der Waals surface area contributed by atoms with Gasteiger partial charge in [-0.05, 0) is 18.1 Å². The van der Waals surface area contributed by atoms with Crippen LogP contribution in [0.1, 0.15) is 49.5 Å². The van der Waals surface area contributed by atoms with Gasteiger partial charge in [0, 0.05) is 45.1 Å². The molecule has 1 aromatic heterocycles. The van der Waals surface area contributed by atoms with Crippen LogP contribution in [0.2, 0.25) is 0 Å². The molecule has 0 saturated carbocycles. The third kappa shape index (κ3) is 8.38. The molecule has 0 unspecified atom stereocenters. The van der Waals surface area contributed by atoms with Crippen LogP contribution in [0.15, 0.2) is 33.8 Å². The highest BCUT2D eigenvalue weighted by molar-refractivity contribution is 14.0. The summed E-state index contributed by atoms with van der Waals surface area (Å²) in [6, 6.07) is 8.54. The van der Waals surface area contributed by atoms with Crippen molar-refractivity contribution in [3.8, 4) is 0 Å². The van der Waals surface area contributed by atoms with E-state index in [0.29, 0.717) is 25.4 Å². The van der Waals surface area contributed by atoms with Crippen molar-refractivity contribution in [2.75, 3.05) is 39.4 Å². The Kier molecular flexibility index (Phi) is 11.2. The molecule has 0 bridgehead atoms. The highest BCUT2D eigenvalue weighted by Gasteiger charge is 2.13. The second kappa shape index (κ2) is 13.6. The van der Waals surface area contributed by atoms with Gasteiger partial charge in [-0.15, -0.1) is 24.0 Å². The predicted molar refractivity (Wildman–Crippen MR) is 133 cm³/mol. The van der Waals surface area contributed by atoms with E-state index in [4.69, 9.17) is 14.3 Å². The summed E-state index contributed by atoms with van der Waals surface area (Å²) in [5.41, 5.74) is 2.57. The Morgan fingerprint density at radius 2 is 1.90 bits per heavy atom. The van der Waals surface area contributed by atoms with Crippen LogP contribution in [-0.4, -0.2) is 60.4 Å². The van der Waals surface area contributed by atoms with Gasteiger partial charge in [-0.1, -0.05) is 43.3 Å². The SMILES string of the molecule is CCNC(=NCc1ccccc1CN1CCOCC1)NCCc1nc(C(C)C)no1.I. The summed E-state index contributed by atoms with van der Waals surface area (Å²) in [5, 5.41) is 10.7. The Labute approximate surface area is 202 Å². The van der Waals surface area contributed by atoms with Gasteiger partial charge in [-0.25, -0.2) is 4.99 Å². The molecule has 31 heavy (non-hydrogen) atoms. The minimum absolute atomic E-state index is 0. The van der Waals surface area contributed by atoms with Crippen molar-refractivity contribution >= 4 is 29.9 Å². The van der Waals surface area contributed by atoms with Crippen molar-refractivity contribution in [1.82, 2.24) is 25.7 Å². The molecule has 2 heterocycles. The molecule has 0 radical (unpaired) electrons. The molecule has 2 aromatic rings. The smallest absolute Gasteiger partial charge is 0.228 e. The first-order valence-corrected chi connectivity index (χ1v) is 10.9. The van der Waals surface area contributed by atoms with E-state index in [0.717, 1.165) is 51.2 Å². The van der Waals surface area contributed by atoms with Gasteiger partial charge in [0.15, 0.2) is 11.8 Å². The van der Waals surface area contributed by atoms with Gasteiger partial charge >= 0.3 is 0 Å². The average Bonchev–Trinajstić information content (AvgIpc) is 3.23. The van der Waals surface area contributed by atoms with Gasteiger partial charge < -0.3 is 19.9 Å². The summed E-state index contributed by atoms with van der Waals surface area (Å²) >= 11 is 0. The fourth-order valence-corrected chi connectivity index (χ4v) is 3.26. The van der Waals surface area contributed by atoms with Crippen molar-refractivity contribution < 1.29 is 9.26 Å². The normalized spacial score (nSPS) is 15.0. The summed E-state index contributed by atoms with van der Waals surface area (Å²) < 4.78 is 10.8. The third-order valence-corrected chi connectivity index (χ3v) is 5.00. The molecule has 0 amide bonds. The maximum atomic E-state index is 5.46. The number of nitrogens with zero attached hydrogens (tertiary/aromatic N) is 4. The minimum atomic E-state index is 0. The fraction of sp³-hybridized carbons (Fsp3) is 0.591. The number of halogens is 1. The zero-order valence-corrected chi connectivity index (χ0v) is 21.1. The number of nitrogens with one attached hydrogen (secondary N) is 2. The van der Waals surface area contributed by atoms with E-state index < -0.39 is 0 Å². The van der Waals surface area contributed by atoms with E-state index in [1.165, 1.54) is 11.1 Å². The van der Waals surface area contributed by atoms with Gasteiger partial charge in [-0.2, -0.15) is 4.98 Å². The Hall–Kier alpha value is -1.72. The Morgan fingerprint density at radius 3 is 2.58 bits per heavy atom. The van der Waals surface area contributed by atoms with Gasteiger partial charge in [0.2, 0.25) is 5.89 Å². The summed E-state index contributed by atoms with van der Waals surface area (Å²) in [7, 11) is 0. The topological polar surface area (TPSA) is 87.8 Å². The number of morpholine rings is 1. The Bertz CT molecular complexity index is 805. The summed E-state index contributed by atoms with van der Waals surface area (Å²) in [5.74, 6) is 2.47. The molecule has 0 spiro atoms. The lowest BCUT2D eigenvalue weighted by Gasteiger charge is -2.27. The van der Waals surface area contributed by atoms with Gasteiger partial charge in [0.1, 0.15) is 0 Å². The minimum Gasteiger partial charge on any atom is -0.379 e. The zero-order chi connectivity index (χ0) is 21.2.